The summed E-state index contributed by atoms with van der Waals surface area (Å²) in [6, 6.07) is 10.4. The first-order chi connectivity index (χ1) is 13.4. The Morgan fingerprint density at radius 1 is 0.630 bits per heavy atom. The van der Waals surface area contributed by atoms with E-state index < -0.39 is 0 Å². The topological polar surface area (TPSA) is 9.23 Å². The average Bonchev–Trinajstić information content (AvgIpc) is 2.70. The van der Waals surface area contributed by atoms with Crippen molar-refractivity contribution in [1.29, 1.82) is 0 Å². The summed E-state index contributed by atoms with van der Waals surface area (Å²) in [5.41, 5.74) is 1.25. The van der Waals surface area contributed by atoms with Crippen molar-refractivity contribution < 1.29 is 4.74 Å². The average molecular weight is 435 g/mol. The number of unbranched alkanes of at least 4 members (excludes halogenated alkanes) is 12. The third-order valence-corrected chi connectivity index (χ3v) is 5.32. The summed E-state index contributed by atoms with van der Waals surface area (Å²) < 4.78 is 5.69. The van der Waals surface area contributed by atoms with Gasteiger partial charge in [-0.2, -0.15) is 0 Å². The van der Waals surface area contributed by atoms with Crippen LogP contribution in [0.25, 0.3) is 0 Å². The highest BCUT2D eigenvalue weighted by Gasteiger charge is 1.93. The molecule has 0 amide bonds. The molecular weight excluding hydrogens is 396 g/mol. The molecule has 0 heterocycles. The summed E-state index contributed by atoms with van der Waals surface area (Å²) in [5, 5.41) is 1.17. The normalized spacial score (nSPS) is 10.6. The fourth-order valence-electron chi connectivity index (χ4n) is 3.08. The molecule has 0 unspecified atom stereocenters. The van der Waals surface area contributed by atoms with Crippen LogP contribution in [0.3, 0.4) is 0 Å². The van der Waals surface area contributed by atoms with E-state index in [-0.39, 0.29) is 0 Å². The maximum atomic E-state index is 5.69. The van der Waals surface area contributed by atoms with Crippen molar-refractivity contribution in [2.75, 3.05) is 11.9 Å². The van der Waals surface area contributed by atoms with E-state index in [2.05, 4.69) is 52.0 Å². The lowest BCUT2D eigenvalue weighted by Gasteiger charge is -2.03. The number of hydrogen-bond donors (Lipinski definition) is 0. The molecule has 0 bridgehead atoms. The van der Waals surface area contributed by atoms with Gasteiger partial charge >= 0.3 is 0 Å². The standard InChI is InChI=1S/C25H39BrO/c26-22-18-13-11-9-7-5-3-1-2-4-6-8-10-12-14-19-23-27-24-25-20-16-15-17-21-25/h15-17,20-21H,1-7,9,11-14,18-19,22-24H2. The summed E-state index contributed by atoms with van der Waals surface area (Å²) in [4.78, 5) is 0. The molecular formula is C25H39BrO. The van der Waals surface area contributed by atoms with Crippen molar-refractivity contribution in [3.05, 3.63) is 35.9 Å². The van der Waals surface area contributed by atoms with Crippen molar-refractivity contribution in [2.45, 2.75) is 96.5 Å². The minimum Gasteiger partial charge on any atom is -0.377 e. The van der Waals surface area contributed by atoms with Crippen LogP contribution >= 0.6 is 15.9 Å². The van der Waals surface area contributed by atoms with E-state index in [1.165, 1.54) is 75.1 Å². The molecule has 0 aliphatic heterocycles. The Kier molecular flexibility index (Phi) is 17.9. The van der Waals surface area contributed by atoms with Crippen LogP contribution in [-0.4, -0.2) is 11.9 Å². The van der Waals surface area contributed by atoms with E-state index in [0.29, 0.717) is 0 Å². The van der Waals surface area contributed by atoms with E-state index in [1.807, 2.05) is 6.07 Å². The Hall–Kier alpha value is -0.780. The molecule has 0 aliphatic carbocycles. The van der Waals surface area contributed by atoms with Gasteiger partial charge in [0.05, 0.1) is 6.61 Å². The quantitative estimate of drug-likeness (QED) is 0.137. The SMILES string of the molecule is BrCCCCCCCCCCCCC#CCCCCOCc1ccccc1. The van der Waals surface area contributed by atoms with Gasteiger partial charge < -0.3 is 4.74 Å². The predicted octanol–water partition coefficient (Wildman–Crippen LogP) is 8.06. The second kappa shape index (κ2) is 20.0. The number of ether oxygens (including phenoxy) is 1. The smallest absolute Gasteiger partial charge is 0.0716 e. The van der Waals surface area contributed by atoms with Crippen molar-refractivity contribution in [1.82, 2.24) is 0 Å². The predicted molar refractivity (Wildman–Crippen MR) is 122 cm³/mol. The molecule has 1 nitrogen and oxygen atoms in total. The molecule has 152 valence electrons. The molecule has 0 aromatic heterocycles. The van der Waals surface area contributed by atoms with Crippen molar-refractivity contribution >= 4 is 15.9 Å². The highest BCUT2D eigenvalue weighted by atomic mass is 79.9. The van der Waals surface area contributed by atoms with Crippen LogP contribution in [0.5, 0.6) is 0 Å². The van der Waals surface area contributed by atoms with Gasteiger partial charge in [0.2, 0.25) is 0 Å². The van der Waals surface area contributed by atoms with Crippen molar-refractivity contribution in [3.63, 3.8) is 0 Å². The maximum absolute atomic E-state index is 5.69. The van der Waals surface area contributed by atoms with E-state index in [1.54, 1.807) is 0 Å². The zero-order valence-corrected chi connectivity index (χ0v) is 18.8. The van der Waals surface area contributed by atoms with Gasteiger partial charge in [-0.3, -0.25) is 0 Å². The van der Waals surface area contributed by atoms with E-state index >= 15 is 0 Å². The van der Waals surface area contributed by atoms with Crippen LogP contribution in [0.1, 0.15) is 95.5 Å². The zero-order chi connectivity index (χ0) is 19.3. The van der Waals surface area contributed by atoms with E-state index in [0.717, 1.165) is 38.9 Å². The van der Waals surface area contributed by atoms with Crippen LogP contribution < -0.4 is 0 Å². The summed E-state index contributed by atoms with van der Waals surface area (Å²) in [6.45, 7) is 1.57. The number of halogens is 1. The second-order valence-corrected chi connectivity index (χ2v) is 8.12. The summed E-state index contributed by atoms with van der Waals surface area (Å²) in [6.07, 6.45) is 18.2. The Balaban J connectivity index is 1.75. The second-order valence-electron chi connectivity index (χ2n) is 7.32. The van der Waals surface area contributed by atoms with Crippen LogP contribution in [0.2, 0.25) is 0 Å². The molecule has 1 aromatic carbocycles. The summed E-state index contributed by atoms with van der Waals surface area (Å²) in [7, 11) is 0. The Morgan fingerprint density at radius 2 is 1.15 bits per heavy atom. The first-order valence-corrected chi connectivity index (χ1v) is 12.2. The molecule has 0 fully saturated rings. The molecule has 0 saturated carbocycles. The lowest BCUT2D eigenvalue weighted by atomic mass is 10.1. The molecule has 27 heavy (non-hydrogen) atoms. The molecule has 0 N–H and O–H groups in total. The minimum atomic E-state index is 0.726. The maximum Gasteiger partial charge on any atom is 0.0716 e. The third kappa shape index (κ3) is 17.1. The molecule has 0 atom stereocenters. The number of hydrogen-bond acceptors (Lipinski definition) is 1. The first kappa shape index (κ1) is 24.3. The molecule has 0 saturated heterocycles. The number of benzene rings is 1. The molecule has 0 aliphatic rings. The van der Waals surface area contributed by atoms with Crippen LogP contribution in [0.4, 0.5) is 0 Å². The molecule has 0 spiro atoms. The fraction of sp³-hybridized carbons (Fsp3) is 0.680. The Labute approximate surface area is 176 Å². The lowest BCUT2D eigenvalue weighted by Crippen LogP contribution is -1.95. The van der Waals surface area contributed by atoms with E-state index in [4.69, 9.17) is 4.74 Å². The van der Waals surface area contributed by atoms with Gasteiger partial charge in [-0.25, -0.2) is 0 Å². The zero-order valence-electron chi connectivity index (χ0n) is 17.2. The Bertz CT molecular complexity index is 474. The van der Waals surface area contributed by atoms with Gasteiger partial charge in [0.15, 0.2) is 0 Å². The molecule has 0 radical (unpaired) electrons. The van der Waals surface area contributed by atoms with Gasteiger partial charge in [-0.1, -0.05) is 97.6 Å². The minimum absolute atomic E-state index is 0.726. The number of alkyl halides is 1. The third-order valence-electron chi connectivity index (χ3n) is 4.76. The fourth-order valence-corrected chi connectivity index (χ4v) is 3.48. The molecule has 1 rings (SSSR count). The summed E-state index contributed by atoms with van der Waals surface area (Å²) >= 11 is 3.49. The van der Waals surface area contributed by atoms with Crippen molar-refractivity contribution in [2.24, 2.45) is 0 Å². The monoisotopic (exact) mass is 434 g/mol. The van der Waals surface area contributed by atoms with Gasteiger partial charge in [0.25, 0.3) is 0 Å². The van der Waals surface area contributed by atoms with Crippen molar-refractivity contribution in [3.8, 4) is 11.8 Å². The summed E-state index contributed by atoms with van der Waals surface area (Å²) in [5.74, 6) is 6.66. The Morgan fingerprint density at radius 3 is 1.74 bits per heavy atom. The highest BCUT2D eigenvalue weighted by Crippen LogP contribution is 2.11. The highest BCUT2D eigenvalue weighted by molar-refractivity contribution is 9.09. The van der Waals surface area contributed by atoms with Gasteiger partial charge in [-0.15, -0.1) is 11.8 Å². The van der Waals surface area contributed by atoms with Crippen LogP contribution in [0.15, 0.2) is 30.3 Å². The largest absolute Gasteiger partial charge is 0.377 e. The van der Waals surface area contributed by atoms with Gasteiger partial charge in [0, 0.05) is 24.8 Å². The molecule has 1 aromatic rings. The lowest BCUT2D eigenvalue weighted by molar-refractivity contribution is 0.117. The van der Waals surface area contributed by atoms with Gasteiger partial charge in [0.1, 0.15) is 0 Å². The van der Waals surface area contributed by atoms with Crippen LogP contribution in [0, 0.1) is 11.8 Å². The van der Waals surface area contributed by atoms with Gasteiger partial charge in [-0.05, 0) is 31.2 Å². The van der Waals surface area contributed by atoms with E-state index in [9.17, 15) is 0 Å². The number of rotatable bonds is 17. The first-order valence-electron chi connectivity index (χ1n) is 11.1. The molecule has 2 heteroatoms. The van der Waals surface area contributed by atoms with Crippen LogP contribution in [-0.2, 0) is 11.3 Å².